The molecule has 0 saturated carbocycles. The smallest absolute Gasteiger partial charge is 0.261 e. The first-order valence-electron chi connectivity index (χ1n) is 7.00. The van der Waals surface area contributed by atoms with Crippen molar-refractivity contribution < 1.29 is 17.6 Å². The first-order chi connectivity index (χ1) is 10.7. The number of carbonyl (C=O) groups excluding carboxylic acids is 1. The van der Waals surface area contributed by atoms with Crippen molar-refractivity contribution in [3.05, 3.63) is 51.9 Å². The van der Waals surface area contributed by atoms with Gasteiger partial charge in [-0.2, -0.15) is 0 Å². The molecule has 0 aliphatic carbocycles. The summed E-state index contributed by atoms with van der Waals surface area (Å²) in [6.45, 7) is 3.64. The second-order valence-corrected chi connectivity index (χ2v) is 8.70. The molecule has 7 heteroatoms. The predicted octanol–water partition coefficient (Wildman–Crippen LogP) is 3.42. The van der Waals surface area contributed by atoms with E-state index in [2.05, 4.69) is 5.32 Å². The molecule has 1 heterocycles. The summed E-state index contributed by atoms with van der Waals surface area (Å²) in [6.07, 6.45) is 0.0787. The third-order valence-electron chi connectivity index (χ3n) is 3.44. The van der Waals surface area contributed by atoms with Crippen LogP contribution in [0.25, 0.3) is 0 Å². The van der Waals surface area contributed by atoms with Crippen LogP contribution in [0.2, 0.25) is 0 Å². The van der Waals surface area contributed by atoms with Crippen molar-refractivity contribution in [2.75, 3.05) is 6.26 Å². The standard InChI is InChI=1S/C16H18FNO3S2/c1-10-8-12(11(2)17)4-5-13(10)9-18-16(19)14-6-7-15(22-14)23(3,20)21/h4-8,11H,9H2,1-3H3,(H,18,19). The highest BCUT2D eigenvalue weighted by Crippen LogP contribution is 2.22. The van der Waals surface area contributed by atoms with Gasteiger partial charge in [0.05, 0.1) is 4.88 Å². The molecule has 1 unspecified atom stereocenters. The van der Waals surface area contributed by atoms with Crippen molar-refractivity contribution in [1.82, 2.24) is 5.32 Å². The Morgan fingerprint density at radius 2 is 2.00 bits per heavy atom. The summed E-state index contributed by atoms with van der Waals surface area (Å²) >= 11 is 0.944. The van der Waals surface area contributed by atoms with E-state index in [1.165, 1.54) is 19.1 Å². The number of rotatable bonds is 5. The quantitative estimate of drug-likeness (QED) is 0.894. The Hall–Kier alpha value is -1.73. The Labute approximate surface area is 139 Å². The van der Waals surface area contributed by atoms with E-state index in [0.29, 0.717) is 17.0 Å². The maximum Gasteiger partial charge on any atom is 0.261 e. The summed E-state index contributed by atoms with van der Waals surface area (Å²) in [5.74, 6) is -0.327. The fourth-order valence-electron chi connectivity index (χ4n) is 2.07. The number of halogens is 1. The molecule has 1 amide bonds. The van der Waals surface area contributed by atoms with E-state index in [0.717, 1.165) is 28.7 Å². The molecule has 1 aromatic carbocycles. The van der Waals surface area contributed by atoms with E-state index in [1.807, 2.05) is 6.92 Å². The summed E-state index contributed by atoms with van der Waals surface area (Å²) in [5, 5.41) is 2.75. The molecule has 4 nitrogen and oxygen atoms in total. The van der Waals surface area contributed by atoms with Crippen LogP contribution in [0, 0.1) is 6.92 Å². The van der Waals surface area contributed by atoms with Gasteiger partial charge in [0.15, 0.2) is 9.84 Å². The summed E-state index contributed by atoms with van der Waals surface area (Å²) < 4.78 is 36.3. The molecule has 0 spiro atoms. The highest BCUT2D eigenvalue weighted by Gasteiger charge is 2.15. The van der Waals surface area contributed by atoms with Crippen LogP contribution in [0.5, 0.6) is 0 Å². The van der Waals surface area contributed by atoms with Crippen molar-refractivity contribution in [3.8, 4) is 0 Å². The molecule has 0 saturated heterocycles. The Kier molecular flexibility index (Phi) is 5.21. The molecule has 0 aliphatic rings. The number of thiophene rings is 1. The lowest BCUT2D eigenvalue weighted by atomic mass is 10.0. The molecule has 2 aromatic rings. The number of carbonyl (C=O) groups is 1. The van der Waals surface area contributed by atoms with Crippen LogP contribution in [0.1, 0.15) is 39.5 Å². The summed E-state index contributed by atoms with van der Waals surface area (Å²) in [6, 6.07) is 8.18. The van der Waals surface area contributed by atoms with Gasteiger partial charge in [-0.3, -0.25) is 4.79 Å². The second kappa shape index (κ2) is 6.80. The van der Waals surface area contributed by atoms with Crippen LogP contribution in [0.15, 0.2) is 34.5 Å². The Balaban J connectivity index is 2.06. The molecule has 1 aromatic heterocycles. The number of nitrogens with one attached hydrogen (secondary N) is 1. The molecule has 2 rings (SSSR count). The van der Waals surface area contributed by atoms with Gasteiger partial charge in [-0.15, -0.1) is 11.3 Å². The number of aryl methyl sites for hydroxylation is 1. The fraction of sp³-hybridized carbons (Fsp3) is 0.312. The minimum absolute atomic E-state index is 0.167. The summed E-state index contributed by atoms with van der Waals surface area (Å²) in [7, 11) is -3.30. The average molecular weight is 355 g/mol. The van der Waals surface area contributed by atoms with Gasteiger partial charge in [0.25, 0.3) is 5.91 Å². The molecule has 0 bridgehead atoms. The first kappa shape index (κ1) is 17.6. The third-order valence-corrected chi connectivity index (χ3v) is 6.34. The minimum Gasteiger partial charge on any atom is -0.347 e. The zero-order valence-corrected chi connectivity index (χ0v) is 14.7. The zero-order chi connectivity index (χ0) is 17.2. The van der Waals surface area contributed by atoms with Crippen molar-refractivity contribution in [2.24, 2.45) is 0 Å². The number of benzene rings is 1. The number of amides is 1. The van der Waals surface area contributed by atoms with E-state index in [9.17, 15) is 17.6 Å². The van der Waals surface area contributed by atoms with Crippen molar-refractivity contribution in [2.45, 2.75) is 30.8 Å². The van der Waals surface area contributed by atoms with Gasteiger partial charge in [0, 0.05) is 12.8 Å². The average Bonchev–Trinajstić information content (AvgIpc) is 2.95. The molecule has 0 radical (unpaired) electrons. The first-order valence-corrected chi connectivity index (χ1v) is 9.71. The van der Waals surface area contributed by atoms with E-state index >= 15 is 0 Å². The molecular formula is C16H18FNO3S2. The molecule has 0 aliphatic heterocycles. The normalized spacial score (nSPS) is 12.9. The number of hydrogen-bond acceptors (Lipinski definition) is 4. The topological polar surface area (TPSA) is 63.2 Å². The van der Waals surface area contributed by atoms with Gasteiger partial charge in [0.1, 0.15) is 10.4 Å². The molecule has 1 atom stereocenters. The van der Waals surface area contributed by atoms with Gasteiger partial charge >= 0.3 is 0 Å². The molecular weight excluding hydrogens is 337 g/mol. The fourth-order valence-corrected chi connectivity index (χ4v) is 3.91. The molecule has 23 heavy (non-hydrogen) atoms. The van der Waals surface area contributed by atoms with Crippen molar-refractivity contribution >= 4 is 27.1 Å². The SMILES string of the molecule is Cc1cc(C(C)F)ccc1CNC(=O)c1ccc(S(C)(=O)=O)s1. The zero-order valence-electron chi connectivity index (χ0n) is 13.1. The summed E-state index contributed by atoms with van der Waals surface area (Å²) in [4.78, 5) is 12.4. The van der Waals surface area contributed by atoms with Crippen molar-refractivity contribution in [1.29, 1.82) is 0 Å². The van der Waals surface area contributed by atoms with E-state index < -0.39 is 16.0 Å². The lowest BCUT2D eigenvalue weighted by Crippen LogP contribution is -2.22. The molecule has 0 fully saturated rings. The van der Waals surface area contributed by atoms with E-state index in [-0.39, 0.29) is 10.1 Å². The van der Waals surface area contributed by atoms with Crippen molar-refractivity contribution in [3.63, 3.8) is 0 Å². The maximum absolute atomic E-state index is 13.3. The molecule has 1 N–H and O–H groups in total. The van der Waals surface area contributed by atoms with E-state index in [1.54, 1.807) is 18.2 Å². The molecule has 124 valence electrons. The Morgan fingerprint density at radius 3 is 2.52 bits per heavy atom. The van der Waals surface area contributed by atoms with Crippen LogP contribution < -0.4 is 5.32 Å². The van der Waals surface area contributed by atoms with Crippen LogP contribution in [0.3, 0.4) is 0 Å². The highest BCUT2D eigenvalue weighted by molar-refractivity contribution is 7.92. The van der Waals surface area contributed by atoms with Crippen LogP contribution >= 0.6 is 11.3 Å². The lowest BCUT2D eigenvalue weighted by Gasteiger charge is -2.10. The van der Waals surface area contributed by atoms with Crippen LogP contribution in [0.4, 0.5) is 4.39 Å². The van der Waals surface area contributed by atoms with Gasteiger partial charge < -0.3 is 5.32 Å². The number of hydrogen-bond donors (Lipinski definition) is 1. The minimum atomic E-state index is -3.30. The highest BCUT2D eigenvalue weighted by atomic mass is 32.2. The van der Waals surface area contributed by atoms with E-state index in [4.69, 9.17) is 0 Å². The van der Waals surface area contributed by atoms with Gasteiger partial charge in [0.2, 0.25) is 0 Å². The Morgan fingerprint density at radius 1 is 1.30 bits per heavy atom. The number of alkyl halides is 1. The summed E-state index contributed by atoms with van der Waals surface area (Å²) in [5.41, 5.74) is 2.39. The van der Waals surface area contributed by atoms with Crippen LogP contribution in [-0.2, 0) is 16.4 Å². The maximum atomic E-state index is 13.3. The monoisotopic (exact) mass is 355 g/mol. The predicted molar refractivity (Wildman–Crippen MR) is 89.3 cm³/mol. The number of sulfone groups is 1. The second-order valence-electron chi connectivity index (χ2n) is 5.38. The largest absolute Gasteiger partial charge is 0.347 e. The van der Waals surface area contributed by atoms with Gasteiger partial charge in [-0.05, 0) is 42.7 Å². The van der Waals surface area contributed by atoms with Gasteiger partial charge in [-0.1, -0.05) is 18.2 Å². The third kappa shape index (κ3) is 4.39. The Bertz CT molecular complexity index is 826. The van der Waals surface area contributed by atoms with Gasteiger partial charge in [-0.25, -0.2) is 12.8 Å². The lowest BCUT2D eigenvalue weighted by molar-refractivity contribution is 0.0955. The van der Waals surface area contributed by atoms with Crippen LogP contribution in [-0.4, -0.2) is 20.6 Å².